The van der Waals surface area contributed by atoms with Gasteiger partial charge in [0.15, 0.2) is 5.16 Å². The van der Waals surface area contributed by atoms with Gasteiger partial charge in [0.2, 0.25) is 5.91 Å². The Bertz CT molecular complexity index is 1000. The van der Waals surface area contributed by atoms with E-state index in [2.05, 4.69) is 16.4 Å². The van der Waals surface area contributed by atoms with Crippen LogP contribution in [0.2, 0.25) is 0 Å². The van der Waals surface area contributed by atoms with Crippen molar-refractivity contribution in [1.82, 2.24) is 14.9 Å². The van der Waals surface area contributed by atoms with Crippen molar-refractivity contribution in [3.05, 3.63) is 20.8 Å². The summed E-state index contributed by atoms with van der Waals surface area (Å²) in [4.78, 5) is 32.2. The van der Waals surface area contributed by atoms with Crippen LogP contribution in [-0.2, 0) is 24.7 Å². The molecule has 0 saturated carbocycles. The highest BCUT2D eigenvalue weighted by Crippen LogP contribution is 2.35. The average Bonchev–Trinajstić information content (AvgIpc) is 3.19. The van der Waals surface area contributed by atoms with Crippen molar-refractivity contribution in [1.29, 1.82) is 5.26 Å². The van der Waals surface area contributed by atoms with Crippen LogP contribution in [0.1, 0.15) is 44.6 Å². The average molecular weight is 405 g/mol. The molecule has 1 aliphatic rings. The Morgan fingerprint density at radius 2 is 2.11 bits per heavy atom. The summed E-state index contributed by atoms with van der Waals surface area (Å²) in [6.07, 6.45) is 3.06. The first kappa shape index (κ1) is 19.9. The predicted molar refractivity (Wildman–Crippen MR) is 109 cm³/mol. The molecule has 3 rings (SSSR count). The smallest absolute Gasteiger partial charge is 0.262 e. The van der Waals surface area contributed by atoms with E-state index in [0.717, 1.165) is 35.0 Å². The zero-order valence-electron chi connectivity index (χ0n) is 16.3. The number of amides is 1. The van der Waals surface area contributed by atoms with Crippen molar-refractivity contribution in [2.45, 2.75) is 62.9 Å². The Balaban J connectivity index is 1.86. The van der Waals surface area contributed by atoms with Crippen LogP contribution in [0, 0.1) is 17.2 Å². The number of thioether (sulfide) groups is 1. The summed E-state index contributed by atoms with van der Waals surface area (Å²) in [5.74, 6) is -0.253. The maximum Gasteiger partial charge on any atom is 0.262 e. The number of nitrogens with one attached hydrogen (secondary N) is 1. The fourth-order valence-electron chi connectivity index (χ4n) is 3.08. The van der Waals surface area contributed by atoms with E-state index in [1.165, 1.54) is 21.2 Å². The Kier molecular flexibility index (Phi) is 5.37. The first-order valence-corrected chi connectivity index (χ1v) is 10.8. The van der Waals surface area contributed by atoms with E-state index >= 15 is 0 Å². The SMILES string of the molecule is CC(C)[C@](C)(C#N)NC(=O)[C@H](C)Sc1nc2sc3c(c2c(=O)n1C)CCC3. The first-order chi connectivity index (χ1) is 12.7. The molecule has 0 radical (unpaired) electrons. The largest absolute Gasteiger partial charge is 0.337 e. The Morgan fingerprint density at radius 3 is 2.74 bits per heavy atom. The molecule has 8 heteroatoms. The third-order valence-corrected chi connectivity index (χ3v) is 7.66. The van der Waals surface area contributed by atoms with Gasteiger partial charge in [-0.15, -0.1) is 11.3 Å². The zero-order valence-corrected chi connectivity index (χ0v) is 17.9. The van der Waals surface area contributed by atoms with E-state index in [-0.39, 0.29) is 17.4 Å². The number of aromatic nitrogens is 2. The maximum atomic E-state index is 12.9. The van der Waals surface area contributed by atoms with Crippen LogP contribution in [0.3, 0.4) is 0 Å². The monoisotopic (exact) mass is 404 g/mol. The molecule has 0 spiro atoms. The van der Waals surface area contributed by atoms with Gasteiger partial charge in [0.05, 0.1) is 16.7 Å². The van der Waals surface area contributed by atoms with Crippen LogP contribution in [0.5, 0.6) is 0 Å². The van der Waals surface area contributed by atoms with E-state index in [0.29, 0.717) is 5.16 Å². The lowest BCUT2D eigenvalue weighted by molar-refractivity contribution is -0.121. The Labute approximate surface area is 167 Å². The van der Waals surface area contributed by atoms with Gasteiger partial charge in [0, 0.05) is 11.9 Å². The second-order valence-corrected chi connectivity index (χ2v) is 9.91. The van der Waals surface area contributed by atoms with Crippen molar-refractivity contribution < 1.29 is 4.79 Å². The van der Waals surface area contributed by atoms with E-state index in [9.17, 15) is 14.9 Å². The summed E-state index contributed by atoms with van der Waals surface area (Å²) in [6.45, 7) is 7.29. The molecule has 0 bridgehead atoms. The minimum atomic E-state index is -0.927. The van der Waals surface area contributed by atoms with Crippen molar-refractivity contribution in [2.75, 3.05) is 0 Å². The molecule has 0 fully saturated rings. The molecule has 1 aliphatic carbocycles. The number of nitriles is 1. The number of hydrogen-bond donors (Lipinski definition) is 1. The van der Waals surface area contributed by atoms with Gasteiger partial charge in [-0.25, -0.2) is 4.98 Å². The van der Waals surface area contributed by atoms with E-state index < -0.39 is 10.8 Å². The number of hydrogen-bond acceptors (Lipinski definition) is 6. The summed E-state index contributed by atoms with van der Waals surface area (Å²) < 4.78 is 1.54. The van der Waals surface area contributed by atoms with Crippen molar-refractivity contribution >= 4 is 39.2 Å². The van der Waals surface area contributed by atoms with Gasteiger partial charge in [0.25, 0.3) is 5.56 Å². The van der Waals surface area contributed by atoms with Crippen LogP contribution in [0.25, 0.3) is 10.2 Å². The number of fused-ring (bicyclic) bond motifs is 3. The lowest BCUT2D eigenvalue weighted by Gasteiger charge is -2.28. The second kappa shape index (κ2) is 7.28. The topological polar surface area (TPSA) is 87.8 Å². The van der Waals surface area contributed by atoms with Crippen LogP contribution in [0.4, 0.5) is 0 Å². The first-order valence-electron chi connectivity index (χ1n) is 9.09. The predicted octanol–water partition coefficient (Wildman–Crippen LogP) is 3.02. The molecule has 0 aliphatic heterocycles. The fourth-order valence-corrected chi connectivity index (χ4v) is 5.26. The molecule has 0 aromatic carbocycles. The molecule has 2 aromatic rings. The number of carbonyl (C=O) groups is 1. The summed E-state index contributed by atoms with van der Waals surface area (Å²) in [5, 5.41) is 13.0. The minimum absolute atomic E-state index is 0.0176. The van der Waals surface area contributed by atoms with Gasteiger partial charge in [-0.2, -0.15) is 5.26 Å². The zero-order chi connectivity index (χ0) is 19.9. The highest BCUT2D eigenvalue weighted by molar-refractivity contribution is 8.00. The minimum Gasteiger partial charge on any atom is -0.337 e. The highest BCUT2D eigenvalue weighted by Gasteiger charge is 2.32. The van der Waals surface area contributed by atoms with Crippen molar-refractivity contribution in [3.8, 4) is 6.07 Å². The Morgan fingerprint density at radius 1 is 1.41 bits per heavy atom. The van der Waals surface area contributed by atoms with Gasteiger partial charge in [-0.3, -0.25) is 14.2 Å². The molecular formula is C19H24N4O2S2. The molecule has 1 N–H and O–H groups in total. The lowest BCUT2D eigenvalue weighted by atomic mass is 9.90. The van der Waals surface area contributed by atoms with Gasteiger partial charge in [0.1, 0.15) is 10.4 Å². The molecule has 27 heavy (non-hydrogen) atoms. The summed E-state index contributed by atoms with van der Waals surface area (Å²) >= 11 is 2.84. The highest BCUT2D eigenvalue weighted by atomic mass is 32.2. The molecule has 6 nitrogen and oxygen atoms in total. The van der Waals surface area contributed by atoms with Gasteiger partial charge >= 0.3 is 0 Å². The van der Waals surface area contributed by atoms with Gasteiger partial charge in [-0.1, -0.05) is 25.6 Å². The normalized spacial score (nSPS) is 16.8. The second-order valence-electron chi connectivity index (χ2n) is 7.51. The molecule has 0 saturated heterocycles. The van der Waals surface area contributed by atoms with E-state index in [1.807, 2.05) is 13.8 Å². The quantitative estimate of drug-likeness (QED) is 0.611. The molecule has 2 heterocycles. The number of carbonyl (C=O) groups excluding carboxylic acids is 1. The van der Waals surface area contributed by atoms with Crippen molar-refractivity contribution in [3.63, 3.8) is 0 Å². The molecule has 2 atom stereocenters. The van der Waals surface area contributed by atoms with E-state index in [1.54, 1.807) is 32.2 Å². The number of aryl methyl sites for hydroxylation is 2. The van der Waals surface area contributed by atoms with Crippen LogP contribution in [-0.4, -0.2) is 26.2 Å². The molecular weight excluding hydrogens is 380 g/mol. The number of rotatable bonds is 5. The van der Waals surface area contributed by atoms with Gasteiger partial charge in [-0.05, 0) is 44.6 Å². The third-order valence-electron chi connectivity index (χ3n) is 5.33. The molecule has 2 aromatic heterocycles. The summed E-state index contributed by atoms with van der Waals surface area (Å²) in [6, 6.07) is 2.18. The summed E-state index contributed by atoms with van der Waals surface area (Å²) in [5.41, 5.74) is 0.190. The lowest BCUT2D eigenvalue weighted by Crippen LogP contribution is -2.51. The van der Waals surface area contributed by atoms with Crippen LogP contribution in [0.15, 0.2) is 9.95 Å². The Hall–Kier alpha value is -1.85. The fraction of sp³-hybridized carbons (Fsp3) is 0.579. The van der Waals surface area contributed by atoms with E-state index in [4.69, 9.17) is 0 Å². The molecule has 1 amide bonds. The summed E-state index contributed by atoms with van der Waals surface area (Å²) in [7, 11) is 1.70. The third kappa shape index (κ3) is 3.50. The number of thiophene rings is 1. The molecule has 0 unspecified atom stereocenters. The molecule has 144 valence electrons. The van der Waals surface area contributed by atoms with Crippen LogP contribution >= 0.6 is 23.1 Å². The standard InChI is InChI=1S/C19H24N4O2S2/c1-10(2)19(4,9-20)22-15(24)11(3)26-18-21-16-14(17(25)23(18)5)12-7-6-8-13(12)27-16/h10-11H,6-8H2,1-5H3,(H,22,24)/t11-,19-/m0/s1. The maximum absolute atomic E-state index is 12.9. The van der Waals surface area contributed by atoms with Crippen LogP contribution < -0.4 is 10.9 Å². The number of nitrogens with zero attached hydrogens (tertiary/aromatic N) is 3. The van der Waals surface area contributed by atoms with Crippen molar-refractivity contribution in [2.24, 2.45) is 13.0 Å². The van der Waals surface area contributed by atoms with Gasteiger partial charge < -0.3 is 5.32 Å².